The lowest BCUT2D eigenvalue weighted by Gasteiger charge is -2.28. The molecular weight excluding hydrogens is 234 g/mol. The number of hydrogen-bond acceptors (Lipinski definition) is 2. The Labute approximate surface area is 115 Å². The van der Waals surface area contributed by atoms with Crippen LogP contribution in [-0.4, -0.2) is 12.2 Å². The summed E-state index contributed by atoms with van der Waals surface area (Å²) in [5.41, 5.74) is 9.28. The van der Waals surface area contributed by atoms with Gasteiger partial charge in [0.1, 0.15) is 0 Å². The van der Waals surface area contributed by atoms with E-state index in [0.29, 0.717) is 18.1 Å². The first kappa shape index (κ1) is 11.9. The van der Waals surface area contributed by atoms with Gasteiger partial charge in [-0.2, -0.15) is 0 Å². The maximum atomic E-state index is 6.48. The molecule has 19 heavy (non-hydrogen) atoms. The minimum absolute atomic E-state index is 0.158. The average molecular weight is 257 g/mol. The van der Waals surface area contributed by atoms with Crippen LogP contribution in [-0.2, 0) is 4.74 Å². The van der Waals surface area contributed by atoms with Crippen molar-refractivity contribution >= 4 is 0 Å². The quantitative estimate of drug-likeness (QED) is 0.899. The molecule has 2 heteroatoms. The van der Waals surface area contributed by atoms with Gasteiger partial charge in [0.2, 0.25) is 0 Å². The van der Waals surface area contributed by atoms with Crippen LogP contribution >= 0.6 is 0 Å². The minimum atomic E-state index is 0.158. The average Bonchev–Trinajstić information content (AvgIpc) is 2.99. The normalized spacial score (nSPS) is 35.3. The molecule has 102 valence electrons. The van der Waals surface area contributed by atoms with Gasteiger partial charge in [0.25, 0.3) is 0 Å². The summed E-state index contributed by atoms with van der Waals surface area (Å²) in [4.78, 5) is 0. The first-order valence-electron chi connectivity index (χ1n) is 7.82. The van der Waals surface area contributed by atoms with E-state index in [9.17, 15) is 0 Å². The van der Waals surface area contributed by atoms with Crippen molar-refractivity contribution in [3.8, 4) is 0 Å². The van der Waals surface area contributed by atoms with Crippen molar-refractivity contribution in [1.82, 2.24) is 0 Å². The molecule has 0 aromatic heterocycles. The van der Waals surface area contributed by atoms with Crippen molar-refractivity contribution in [3.63, 3.8) is 0 Å². The van der Waals surface area contributed by atoms with Gasteiger partial charge < -0.3 is 10.5 Å². The molecule has 0 spiro atoms. The van der Waals surface area contributed by atoms with E-state index in [1.807, 2.05) is 0 Å². The summed E-state index contributed by atoms with van der Waals surface area (Å²) in [5.74, 6) is 1.35. The van der Waals surface area contributed by atoms with E-state index >= 15 is 0 Å². The predicted octanol–water partition coefficient (Wildman–Crippen LogP) is 3.52. The van der Waals surface area contributed by atoms with E-state index < -0.39 is 0 Å². The lowest BCUT2D eigenvalue weighted by molar-refractivity contribution is 0.0885. The van der Waals surface area contributed by atoms with Gasteiger partial charge in [0, 0.05) is 12.0 Å². The number of fused-ring (bicyclic) bond motifs is 2. The summed E-state index contributed by atoms with van der Waals surface area (Å²) in [6, 6.07) is 9.26. The standard InChI is InChI=1S/C17H23NO/c18-17(15-10-14-8-9-16(15)19-14)13-6-4-12(5-7-13)11-2-1-3-11/h4-7,11,14-17H,1-3,8-10,18H2. The molecule has 0 radical (unpaired) electrons. The topological polar surface area (TPSA) is 35.2 Å². The fraction of sp³-hybridized carbons (Fsp3) is 0.647. The third-order valence-corrected chi connectivity index (χ3v) is 5.51. The van der Waals surface area contributed by atoms with Gasteiger partial charge in [0.15, 0.2) is 0 Å². The minimum Gasteiger partial charge on any atom is -0.375 e. The zero-order chi connectivity index (χ0) is 12.8. The highest BCUT2D eigenvalue weighted by Gasteiger charge is 2.43. The molecule has 2 heterocycles. The van der Waals surface area contributed by atoms with Crippen LogP contribution in [0, 0.1) is 5.92 Å². The molecule has 0 amide bonds. The molecule has 2 N–H and O–H groups in total. The number of ether oxygens (including phenoxy) is 1. The van der Waals surface area contributed by atoms with Crippen LogP contribution in [0.4, 0.5) is 0 Å². The summed E-state index contributed by atoms with van der Waals surface area (Å²) < 4.78 is 5.94. The molecular formula is C17H23NO. The number of hydrogen-bond donors (Lipinski definition) is 1. The highest BCUT2D eigenvalue weighted by atomic mass is 16.5. The van der Waals surface area contributed by atoms with Gasteiger partial charge in [-0.15, -0.1) is 0 Å². The third kappa shape index (κ3) is 2.02. The second-order valence-electron chi connectivity index (χ2n) is 6.59. The summed E-state index contributed by atoms with van der Waals surface area (Å²) in [5, 5.41) is 0. The van der Waals surface area contributed by atoms with Crippen LogP contribution in [0.1, 0.15) is 61.6 Å². The van der Waals surface area contributed by atoms with Crippen LogP contribution in [0.25, 0.3) is 0 Å². The van der Waals surface area contributed by atoms with Crippen molar-refractivity contribution in [2.24, 2.45) is 11.7 Å². The second-order valence-corrected chi connectivity index (χ2v) is 6.59. The highest BCUT2D eigenvalue weighted by molar-refractivity contribution is 5.29. The van der Waals surface area contributed by atoms with Gasteiger partial charge in [-0.25, -0.2) is 0 Å². The highest BCUT2D eigenvalue weighted by Crippen LogP contribution is 2.44. The summed E-state index contributed by atoms with van der Waals surface area (Å²) >= 11 is 0. The van der Waals surface area contributed by atoms with Crippen LogP contribution in [0.15, 0.2) is 24.3 Å². The molecule has 1 aliphatic carbocycles. The molecule has 2 bridgehead atoms. The summed E-state index contributed by atoms with van der Waals surface area (Å²) in [7, 11) is 0. The zero-order valence-electron chi connectivity index (χ0n) is 11.4. The van der Waals surface area contributed by atoms with Gasteiger partial charge >= 0.3 is 0 Å². The Balaban J connectivity index is 1.48. The Kier molecular flexibility index (Phi) is 2.89. The lowest BCUT2D eigenvalue weighted by atomic mass is 9.78. The maximum Gasteiger partial charge on any atom is 0.0627 e. The molecule has 1 saturated carbocycles. The van der Waals surface area contributed by atoms with Crippen molar-refractivity contribution in [2.75, 3.05) is 0 Å². The van der Waals surface area contributed by atoms with E-state index in [1.54, 1.807) is 0 Å². The number of benzene rings is 1. The van der Waals surface area contributed by atoms with Gasteiger partial charge in [-0.1, -0.05) is 30.7 Å². The fourth-order valence-corrected chi connectivity index (χ4v) is 4.03. The van der Waals surface area contributed by atoms with Gasteiger partial charge in [0.05, 0.1) is 12.2 Å². The summed E-state index contributed by atoms with van der Waals surface area (Å²) in [6.07, 6.45) is 8.67. The monoisotopic (exact) mass is 257 g/mol. The van der Waals surface area contributed by atoms with Crippen molar-refractivity contribution in [2.45, 2.75) is 62.7 Å². The second kappa shape index (κ2) is 4.60. The van der Waals surface area contributed by atoms with Gasteiger partial charge in [-0.3, -0.25) is 0 Å². The fourth-order valence-electron chi connectivity index (χ4n) is 4.03. The van der Waals surface area contributed by atoms with E-state index in [0.717, 1.165) is 12.3 Å². The van der Waals surface area contributed by atoms with E-state index in [2.05, 4.69) is 24.3 Å². The third-order valence-electron chi connectivity index (χ3n) is 5.51. The van der Waals surface area contributed by atoms with Crippen LogP contribution in [0.5, 0.6) is 0 Å². The van der Waals surface area contributed by atoms with Crippen LogP contribution in [0.3, 0.4) is 0 Å². The molecule has 4 atom stereocenters. The SMILES string of the molecule is NC(c1ccc(C2CCC2)cc1)C1CC2CCC1O2. The summed E-state index contributed by atoms with van der Waals surface area (Å²) in [6.45, 7) is 0. The Hall–Kier alpha value is -0.860. The maximum absolute atomic E-state index is 6.48. The molecule has 2 saturated heterocycles. The Morgan fingerprint density at radius 3 is 2.37 bits per heavy atom. The largest absolute Gasteiger partial charge is 0.375 e. The zero-order valence-corrected chi connectivity index (χ0v) is 11.4. The van der Waals surface area contributed by atoms with Crippen LogP contribution in [0.2, 0.25) is 0 Å². The Morgan fingerprint density at radius 1 is 1.05 bits per heavy atom. The molecule has 4 unspecified atom stereocenters. The molecule has 1 aromatic rings. The van der Waals surface area contributed by atoms with Crippen molar-refractivity contribution < 1.29 is 4.74 Å². The lowest BCUT2D eigenvalue weighted by Crippen LogP contribution is -2.29. The van der Waals surface area contributed by atoms with Gasteiger partial charge in [-0.05, 0) is 49.1 Å². The first-order valence-corrected chi connectivity index (χ1v) is 7.82. The first-order chi connectivity index (χ1) is 9.31. The molecule has 2 aliphatic heterocycles. The predicted molar refractivity (Wildman–Crippen MR) is 76.0 cm³/mol. The molecule has 4 rings (SSSR count). The Morgan fingerprint density at radius 2 is 1.84 bits per heavy atom. The smallest absolute Gasteiger partial charge is 0.0627 e. The number of rotatable bonds is 3. The van der Waals surface area contributed by atoms with E-state index in [1.165, 1.54) is 43.2 Å². The molecule has 2 nitrogen and oxygen atoms in total. The molecule has 3 aliphatic rings. The van der Waals surface area contributed by atoms with E-state index in [-0.39, 0.29) is 6.04 Å². The Bertz CT molecular complexity index is 451. The molecule has 3 fully saturated rings. The van der Waals surface area contributed by atoms with Crippen molar-refractivity contribution in [1.29, 1.82) is 0 Å². The molecule has 1 aromatic carbocycles. The van der Waals surface area contributed by atoms with E-state index in [4.69, 9.17) is 10.5 Å². The van der Waals surface area contributed by atoms with Crippen molar-refractivity contribution in [3.05, 3.63) is 35.4 Å². The number of nitrogens with two attached hydrogens (primary N) is 1. The van der Waals surface area contributed by atoms with Crippen LogP contribution < -0.4 is 5.73 Å².